The van der Waals surface area contributed by atoms with Gasteiger partial charge in [-0.15, -0.1) is 0 Å². The van der Waals surface area contributed by atoms with Gasteiger partial charge in [-0.25, -0.2) is 14.6 Å². The van der Waals surface area contributed by atoms with E-state index >= 15 is 0 Å². The molecule has 7 nitrogen and oxygen atoms in total. The van der Waals surface area contributed by atoms with Gasteiger partial charge in [0.15, 0.2) is 5.82 Å². The molecule has 1 fully saturated rings. The Morgan fingerprint density at radius 1 is 1.04 bits per heavy atom. The van der Waals surface area contributed by atoms with Crippen molar-refractivity contribution in [3.8, 4) is 28.7 Å². The minimum atomic E-state index is 0.233. The van der Waals surface area contributed by atoms with Gasteiger partial charge < -0.3 is 14.2 Å². The fraction of sp³-hybridized carbons (Fsp3) is 0.476. The molecule has 0 bridgehead atoms. The molecule has 2 aromatic heterocycles. The fourth-order valence-electron chi connectivity index (χ4n) is 4.12. The van der Waals surface area contributed by atoms with Crippen molar-refractivity contribution in [3.63, 3.8) is 0 Å². The van der Waals surface area contributed by atoms with Crippen LogP contribution in [0.4, 0.5) is 5.69 Å². The van der Waals surface area contributed by atoms with E-state index in [1.807, 2.05) is 11.6 Å². The second-order valence-corrected chi connectivity index (χ2v) is 7.89. The molecular weight excluding hydrogens is 352 g/mol. The number of nitrogens with zero attached hydrogens (tertiary/aromatic N) is 6. The Hall–Kier alpha value is -2.83. The van der Waals surface area contributed by atoms with E-state index in [4.69, 9.17) is 9.72 Å². The molecule has 0 atom stereocenters. The first-order valence-corrected chi connectivity index (χ1v) is 10.1. The number of hydrogen-bond acceptors (Lipinski definition) is 5. The van der Waals surface area contributed by atoms with Crippen molar-refractivity contribution in [1.29, 1.82) is 0 Å². The van der Waals surface area contributed by atoms with Crippen molar-refractivity contribution in [3.05, 3.63) is 30.2 Å². The number of fused-ring (bicyclic) bond motifs is 3. The topological polar surface area (TPSA) is 61.0 Å². The van der Waals surface area contributed by atoms with Gasteiger partial charge in [-0.2, -0.15) is 5.10 Å². The number of anilines is 1. The van der Waals surface area contributed by atoms with E-state index in [-0.39, 0.29) is 6.04 Å². The van der Waals surface area contributed by atoms with E-state index in [1.54, 1.807) is 0 Å². The predicted octanol–water partition coefficient (Wildman–Crippen LogP) is 3.69. The zero-order valence-electron chi connectivity index (χ0n) is 16.7. The van der Waals surface area contributed by atoms with Crippen LogP contribution in [-0.2, 0) is 6.54 Å². The van der Waals surface area contributed by atoms with Gasteiger partial charge in [-0.05, 0) is 45.7 Å². The number of aryl methyl sites for hydroxylation is 1. The maximum absolute atomic E-state index is 6.08. The lowest BCUT2D eigenvalue weighted by Crippen LogP contribution is -2.17. The summed E-state index contributed by atoms with van der Waals surface area (Å²) in [6.45, 7) is 9.80. The van der Waals surface area contributed by atoms with Gasteiger partial charge in [-0.1, -0.05) is 0 Å². The molecule has 1 aromatic carbocycles. The number of ether oxygens (including phenoxy) is 1. The smallest absolute Gasteiger partial charge is 0.178 e. The summed E-state index contributed by atoms with van der Waals surface area (Å²) in [4.78, 5) is 12.0. The molecule has 2 aliphatic rings. The lowest BCUT2D eigenvalue weighted by Gasteiger charge is -2.19. The van der Waals surface area contributed by atoms with E-state index in [9.17, 15) is 0 Å². The largest absolute Gasteiger partial charge is 0.491 e. The lowest BCUT2D eigenvalue weighted by atomic mass is 10.1. The Labute approximate surface area is 165 Å². The van der Waals surface area contributed by atoms with Crippen molar-refractivity contribution in [2.45, 2.75) is 46.2 Å². The Morgan fingerprint density at radius 3 is 2.64 bits per heavy atom. The van der Waals surface area contributed by atoms with Gasteiger partial charge in [0, 0.05) is 37.1 Å². The van der Waals surface area contributed by atoms with E-state index in [0.717, 1.165) is 54.1 Å². The fourth-order valence-corrected chi connectivity index (χ4v) is 4.12. The third-order valence-corrected chi connectivity index (χ3v) is 5.50. The summed E-state index contributed by atoms with van der Waals surface area (Å²) in [6, 6.07) is 6.75. The van der Waals surface area contributed by atoms with Crippen LogP contribution in [0.3, 0.4) is 0 Å². The highest BCUT2D eigenvalue weighted by atomic mass is 16.5. The van der Waals surface area contributed by atoms with Gasteiger partial charge in [0.1, 0.15) is 29.7 Å². The van der Waals surface area contributed by atoms with Gasteiger partial charge >= 0.3 is 0 Å². The predicted molar refractivity (Wildman–Crippen MR) is 109 cm³/mol. The van der Waals surface area contributed by atoms with E-state index in [0.29, 0.717) is 6.61 Å². The molecule has 0 spiro atoms. The molecule has 0 aliphatic carbocycles. The monoisotopic (exact) mass is 378 g/mol. The van der Waals surface area contributed by atoms with Crippen LogP contribution in [0.2, 0.25) is 0 Å². The lowest BCUT2D eigenvalue weighted by molar-refractivity contribution is 0.307. The molecule has 0 N–H and O–H groups in total. The molecular formula is C21H26N6O. The van der Waals surface area contributed by atoms with Crippen molar-refractivity contribution in [1.82, 2.24) is 24.3 Å². The van der Waals surface area contributed by atoms with Gasteiger partial charge in [-0.3, -0.25) is 0 Å². The molecule has 7 heteroatoms. The van der Waals surface area contributed by atoms with Crippen LogP contribution in [0.25, 0.3) is 22.9 Å². The summed E-state index contributed by atoms with van der Waals surface area (Å²) in [5.41, 5.74) is 3.14. The quantitative estimate of drug-likeness (QED) is 0.696. The first-order valence-electron chi connectivity index (χ1n) is 10.1. The average Bonchev–Trinajstić information content (AvgIpc) is 3.39. The van der Waals surface area contributed by atoms with Crippen LogP contribution >= 0.6 is 0 Å². The zero-order valence-corrected chi connectivity index (χ0v) is 16.7. The van der Waals surface area contributed by atoms with E-state index in [1.165, 1.54) is 18.5 Å². The van der Waals surface area contributed by atoms with Crippen LogP contribution < -0.4 is 9.64 Å². The van der Waals surface area contributed by atoms with Crippen LogP contribution in [0.5, 0.6) is 5.75 Å². The number of benzene rings is 1. The summed E-state index contributed by atoms with van der Waals surface area (Å²) in [6.07, 6.45) is 4.60. The van der Waals surface area contributed by atoms with Gasteiger partial charge in [0.05, 0.1) is 12.1 Å². The first kappa shape index (κ1) is 17.3. The van der Waals surface area contributed by atoms with Crippen LogP contribution in [-0.4, -0.2) is 44.0 Å². The van der Waals surface area contributed by atoms with Crippen molar-refractivity contribution >= 4 is 5.69 Å². The van der Waals surface area contributed by atoms with Gasteiger partial charge in [0.2, 0.25) is 0 Å². The minimum Gasteiger partial charge on any atom is -0.491 e. The highest BCUT2D eigenvalue weighted by molar-refractivity contribution is 5.72. The van der Waals surface area contributed by atoms with Crippen LogP contribution in [0, 0.1) is 6.92 Å². The molecule has 0 saturated carbocycles. The molecule has 5 rings (SSSR count). The van der Waals surface area contributed by atoms with Crippen LogP contribution in [0.1, 0.15) is 38.6 Å². The SMILES string of the molecule is Cc1nc(-c2cn3c(n2)-c2ccc(N4CCCC4)cc2OCC3)n(C(C)C)n1. The molecule has 0 unspecified atom stereocenters. The van der Waals surface area contributed by atoms with Crippen molar-refractivity contribution in [2.24, 2.45) is 0 Å². The highest BCUT2D eigenvalue weighted by Crippen LogP contribution is 2.37. The van der Waals surface area contributed by atoms with E-state index < -0.39 is 0 Å². The molecule has 4 heterocycles. The summed E-state index contributed by atoms with van der Waals surface area (Å²) in [5, 5.41) is 4.54. The summed E-state index contributed by atoms with van der Waals surface area (Å²) in [5.74, 6) is 3.45. The molecule has 0 amide bonds. The highest BCUT2D eigenvalue weighted by Gasteiger charge is 2.23. The number of imidazole rings is 1. The normalized spacial score (nSPS) is 16.1. The minimum absolute atomic E-state index is 0.233. The maximum atomic E-state index is 6.08. The Kier molecular flexibility index (Phi) is 4.10. The molecule has 2 aliphatic heterocycles. The third-order valence-electron chi connectivity index (χ3n) is 5.50. The van der Waals surface area contributed by atoms with Crippen molar-refractivity contribution in [2.75, 3.05) is 24.6 Å². The number of hydrogen-bond donors (Lipinski definition) is 0. The Morgan fingerprint density at radius 2 is 1.86 bits per heavy atom. The molecule has 1 saturated heterocycles. The first-order chi connectivity index (χ1) is 13.6. The zero-order chi connectivity index (χ0) is 19.3. The number of aromatic nitrogens is 5. The number of rotatable bonds is 3. The third kappa shape index (κ3) is 2.85. The van der Waals surface area contributed by atoms with E-state index in [2.05, 4.69) is 57.8 Å². The molecule has 28 heavy (non-hydrogen) atoms. The summed E-state index contributed by atoms with van der Waals surface area (Å²) in [7, 11) is 0. The second-order valence-electron chi connectivity index (χ2n) is 7.89. The standard InChI is InChI=1S/C21H26N6O/c1-14(2)27-21(22-15(3)24-27)18-13-26-10-11-28-19-12-16(25-8-4-5-9-25)6-7-17(19)20(26)23-18/h6-7,12-14H,4-5,8-11H2,1-3H3. The molecule has 0 radical (unpaired) electrons. The Bertz CT molecular complexity index is 1010. The maximum Gasteiger partial charge on any atom is 0.178 e. The Balaban J connectivity index is 1.57. The molecule has 146 valence electrons. The van der Waals surface area contributed by atoms with Gasteiger partial charge in [0.25, 0.3) is 0 Å². The average molecular weight is 378 g/mol. The second kappa shape index (κ2) is 6.65. The van der Waals surface area contributed by atoms with Crippen molar-refractivity contribution < 1.29 is 4.74 Å². The summed E-state index contributed by atoms with van der Waals surface area (Å²) >= 11 is 0. The molecule has 3 aromatic rings. The summed E-state index contributed by atoms with van der Waals surface area (Å²) < 4.78 is 10.2. The van der Waals surface area contributed by atoms with Crippen LogP contribution in [0.15, 0.2) is 24.4 Å².